The van der Waals surface area contributed by atoms with Crippen LogP contribution in [0.3, 0.4) is 0 Å². The van der Waals surface area contributed by atoms with Crippen molar-refractivity contribution in [2.24, 2.45) is 5.92 Å². The lowest BCUT2D eigenvalue weighted by molar-refractivity contribution is -0.126. The summed E-state index contributed by atoms with van der Waals surface area (Å²) in [5, 5.41) is 7.14. The number of carbonyl (C=O) groups is 1. The molecule has 11 heteroatoms. The van der Waals surface area contributed by atoms with Gasteiger partial charge in [-0.3, -0.25) is 4.79 Å². The van der Waals surface area contributed by atoms with Crippen molar-refractivity contribution in [2.75, 3.05) is 27.2 Å². The number of halogens is 1. The molecule has 1 aromatic heterocycles. The smallest absolute Gasteiger partial charge is 0.281 e. The van der Waals surface area contributed by atoms with Gasteiger partial charge in [-0.25, -0.2) is 0 Å². The average molecular weight is 428 g/mol. The van der Waals surface area contributed by atoms with Gasteiger partial charge in [-0.2, -0.15) is 22.0 Å². The van der Waals surface area contributed by atoms with Crippen LogP contribution in [0.25, 0.3) is 11.4 Å². The molecule has 3 rings (SSSR count). The van der Waals surface area contributed by atoms with Gasteiger partial charge in [0.1, 0.15) is 0 Å². The Morgan fingerprint density at radius 1 is 1.39 bits per heavy atom. The molecule has 1 fully saturated rings. The first-order valence-corrected chi connectivity index (χ1v) is 10.6. The van der Waals surface area contributed by atoms with E-state index in [1.807, 2.05) is 6.07 Å². The lowest BCUT2D eigenvalue weighted by atomic mass is 9.99. The Hall–Kier alpha value is -2.01. The number of nitrogens with zero attached hydrogens (tertiary/aromatic N) is 4. The Balaban J connectivity index is 1.59. The first kappa shape index (κ1) is 20.7. The molecular formula is C17H22ClN5O4S. The summed E-state index contributed by atoms with van der Waals surface area (Å²) in [6.45, 7) is 0.628. The molecule has 1 atom stereocenters. The van der Waals surface area contributed by atoms with Gasteiger partial charge < -0.3 is 9.84 Å². The summed E-state index contributed by atoms with van der Waals surface area (Å²) >= 11 is 6.12. The van der Waals surface area contributed by atoms with Crippen LogP contribution in [0.4, 0.5) is 0 Å². The minimum atomic E-state index is -3.53. The molecule has 1 aromatic carbocycles. The molecule has 1 amide bonds. The quantitative estimate of drug-likeness (QED) is 0.748. The van der Waals surface area contributed by atoms with Crippen LogP contribution >= 0.6 is 11.6 Å². The molecule has 1 aliphatic rings. The number of amides is 1. The molecule has 0 aliphatic carbocycles. The molecule has 0 spiro atoms. The number of benzene rings is 1. The van der Waals surface area contributed by atoms with Gasteiger partial charge in [-0.1, -0.05) is 28.9 Å². The molecule has 9 nitrogen and oxygen atoms in total. The molecule has 28 heavy (non-hydrogen) atoms. The molecule has 1 N–H and O–H groups in total. The molecular weight excluding hydrogens is 406 g/mol. The summed E-state index contributed by atoms with van der Waals surface area (Å²) in [5.74, 6) is -0.0711. The molecule has 0 saturated carbocycles. The highest BCUT2D eigenvalue weighted by atomic mass is 35.5. The molecule has 1 saturated heterocycles. The van der Waals surface area contributed by atoms with Crippen molar-refractivity contribution in [1.82, 2.24) is 24.1 Å². The third-order valence-electron chi connectivity index (χ3n) is 4.54. The zero-order valence-electron chi connectivity index (χ0n) is 15.6. The minimum Gasteiger partial charge on any atom is -0.347 e. The number of rotatable bonds is 6. The second-order valence-electron chi connectivity index (χ2n) is 6.70. The lowest BCUT2D eigenvalue weighted by Gasteiger charge is -2.32. The predicted octanol–water partition coefficient (Wildman–Crippen LogP) is 1.52. The Morgan fingerprint density at radius 3 is 2.86 bits per heavy atom. The van der Waals surface area contributed by atoms with E-state index in [9.17, 15) is 13.2 Å². The van der Waals surface area contributed by atoms with Crippen LogP contribution in [-0.2, 0) is 21.5 Å². The van der Waals surface area contributed by atoms with E-state index in [4.69, 9.17) is 16.1 Å². The van der Waals surface area contributed by atoms with Crippen molar-refractivity contribution in [3.05, 3.63) is 35.2 Å². The maximum atomic E-state index is 12.5. The van der Waals surface area contributed by atoms with E-state index in [1.165, 1.54) is 18.4 Å². The van der Waals surface area contributed by atoms with Crippen LogP contribution < -0.4 is 5.32 Å². The maximum Gasteiger partial charge on any atom is 0.281 e. The summed E-state index contributed by atoms with van der Waals surface area (Å²) in [5.41, 5.74) is 0.641. The number of aromatic nitrogens is 2. The van der Waals surface area contributed by atoms with Gasteiger partial charge >= 0.3 is 0 Å². The summed E-state index contributed by atoms with van der Waals surface area (Å²) in [7, 11) is -0.577. The van der Waals surface area contributed by atoms with Crippen molar-refractivity contribution in [3.63, 3.8) is 0 Å². The maximum absolute atomic E-state index is 12.5. The molecule has 2 heterocycles. The van der Waals surface area contributed by atoms with Crippen molar-refractivity contribution in [2.45, 2.75) is 19.4 Å². The van der Waals surface area contributed by atoms with Crippen LogP contribution in [0.5, 0.6) is 0 Å². The first-order valence-electron chi connectivity index (χ1n) is 8.82. The SMILES string of the molecule is CN(C)S(=O)(=O)N1CCC[C@H](C(=O)NCc2nc(-c3ccccc3Cl)no2)C1. The van der Waals surface area contributed by atoms with Crippen LogP contribution in [0.1, 0.15) is 18.7 Å². The van der Waals surface area contributed by atoms with Crippen LogP contribution in [-0.4, -0.2) is 60.3 Å². The Kier molecular flexibility index (Phi) is 6.33. The summed E-state index contributed by atoms with van der Waals surface area (Å²) in [4.78, 5) is 16.7. The normalized spacial score (nSPS) is 18.4. The second-order valence-corrected chi connectivity index (χ2v) is 9.25. The fourth-order valence-electron chi connectivity index (χ4n) is 2.98. The van der Waals surface area contributed by atoms with Crippen LogP contribution in [0, 0.1) is 5.92 Å². The van der Waals surface area contributed by atoms with Gasteiger partial charge in [0.25, 0.3) is 10.2 Å². The Labute approximate surface area is 168 Å². The highest BCUT2D eigenvalue weighted by molar-refractivity contribution is 7.86. The van der Waals surface area contributed by atoms with Crippen molar-refractivity contribution in [3.8, 4) is 11.4 Å². The summed E-state index contributed by atoms with van der Waals surface area (Å²) in [6, 6.07) is 7.12. The van der Waals surface area contributed by atoms with E-state index in [1.54, 1.807) is 18.2 Å². The number of nitrogens with one attached hydrogen (secondary N) is 1. The molecule has 1 aliphatic heterocycles. The summed E-state index contributed by atoms with van der Waals surface area (Å²) < 4.78 is 32.2. The number of hydrogen-bond donors (Lipinski definition) is 1. The van der Waals surface area contributed by atoms with E-state index in [2.05, 4.69) is 15.5 Å². The van der Waals surface area contributed by atoms with E-state index < -0.39 is 16.1 Å². The van der Waals surface area contributed by atoms with Crippen molar-refractivity contribution >= 4 is 27.7 Å². The third kappa shape index (κ3) is 4.52. The topological polar surface area (TPSA) is 109 Å². The van der Waals surface area contributed by atoms with E-state index in [0.29, 0.717) is 35.8 Å². The highest BCUT2D eigenvalue weighted by Gasteiger charge is 2.33. The van der Waals surface area contributed by atoms with E-state index >= 15 is 0 Å². The molecule has 0 bridgehead atoms. The second kappa shape index (κ2) is 8.56. The number of hydrogen-bond acceptors (Lipinski definition) is 6. The number of carbonyl (C=O) groups excluding carboxylic acids is 1. The lowest BCUT2D eigenvalue weighted by Crippen LogP contribution is -2.48. The van der Waals surface area contributed by atoms with E-state index in [-0.39, 0.29) is 24.9 Å². The Bertz CT molecular complexity index is 947. The van der Waals surface area contributed by atoms with Gasteiger partial charge in [0.2, 0.25) is 17.6 Å². The van der Waals surface area contributed by atoms with Gasteiger partial charge in [-0.05, 0) is 25.0 Å². The van der Waals surface area contributed by atoms with Crippen molar-refractivity contribution < 1.29 is 17.7 Å². The zero-order chi connectivity index (χ0) is 20.3. The van der Waals surface area contributed by atoms with E-state index in [0.717, 1.165) is 4.31 Å². The standard InChI is InChI=1S/C17H22ClN5O4S/c1-22(2)28(25,26)23-9-5-6-12(11-23)17(24)19-10-15-20-16(21-27-15)13-7-3-4-8-14(13)18/h3-4,7-8,12H,5-6,9-11H2,1-2H3,(H,19,24)/t12-/m0/s1. The van der Waals surface area contributed by atoms with Gasteiger partial charge in [0.05, 0.1) is 17.5 Å². The molecule has 152 valence electrons. The predicted molar refractivity (Wildman–Crippen MR) is 103 cm³/mol. The minimum absolute atomic E-state index is 0.0627. The van der Waals surface area contributed by atoms with Gasteiger partial charge in [0, 0.05) is 32.7 Å². The van der Waals surface area contributed by atoms with Crippen LogP contribution in [0.15, 0.2) is 28.8 Å². The fraction of sp³-hybridized carbons (Fsp3) is 0.471. The molecule has 2 aromatic rings. The fourth-order valence-corrected chi connectivity index (χ4v) is 4.39. The van der Waals surface area contributed by atoms with Crippen LogP contribution in [0.2, 0.25) is 5.02 Å². The molecule has 0 unspecified atom stereocenters. The monoisotopic (exact) mass is 427 g/mol. The zero-order valence-corrected chi connectivity index (χ0v) is 17.2. The van der Waals surface area contributed by atoms with Gasteiger partial charge in [0.15, 0.2) is 0 Å². The van der Waals surface area contributed by atoms with Gasteiger partial charge in [-0.15, -0.1) is 0 Å². The first-order chi connectivity index (χ1) is 13.3. The average Bonchev–Trinajstić information content (AvgIpc) is 3.15. The summed E-state index contributed by atoms with van der Waals surface area (Å²) in [6.07, 6.45) is 1.25. The third-order valence-corrected chi connectivity index (χ3v) is 6.78. The largest absolute Gasteiger partial charge is 0.347 e. The number of piperidine rings is 1. The Morgan fingerprint density at radius 2 is 2.14 bits per heavy atom. The van der Waals surface area contributed by atoms with Crippen molar-refractivity contribution in [1.29, 1.82) is 0 Å². The highest BCUT2D eigenvalue weighted by Crippen LogP contribution is 2.25. The molecule has 0 radical (unpaired) electrons.